The van der Waals surface area contributed by atoms with Crippen molar-refractivity contribution in [1.29, 1.82) is 0 Å². The number of hydrogen-bond donors (Lipinski definition) is 0. The Balaban J connectivity index is 1.41. The molecule has 6 rings (SSSR count). The second-order valence-corrected chi connectivity index (χ2v) is 15.7. The van der Waals surface area contributed by atoms with E-state index in [-0.39, 0.29) is 16.2 Å². The fourth-order valence-corrected chi connectivity index (χ4v) is 7.98. The van der Waals surface area contributed by atoms with E-state index < -0.39 is 0 Å². The van der Waals surface area contributed by atoms with Gasteiger partial charge in [0, 0.05) is 5.41 Å². The molecule has 0 heterocycles. The quantitative estimate of drug-likeness (QED) is 0.191. The van der Waals surface area contributed by atoms with Gasteiger partial charge < -0.3 is 0 Å². The Morgan fingerprint density at radius 1 is 0.489 bits per heavy atom. The molecule has 0 nitrogen and oxygen atoms in total. The van der Waals surface area contributed by atoms with Crippen LogP contribution in [0.2, 0.25) is 0 Å². The van der Waals surface area contributed by atoms with Gasteiger partial charge in [-0.1, -0.05) is 176 Å². The summed E-state index contributed by atoms with van der Waals surface area (Å²) in [5.41, 5.74) is 17.6. The van der Waals surface area contributed by atoms with Crippen molar-refractivity contribution >= 4 is 12.2 Å². The van der Waals surface area contributed by atoms with Crippen LogP contribution in [0.25, 0.3) is 34.4 Å². The van der Waals surface area contributed by atoms with Gasteiger partial charge in [-0.3, -0.25) is 0 Å². The first kappa shape index (κ1) is 31.3. The molecule has 2 aliphatic rings. The van der Waals surface area contributed by atoms with E-state index in [2.05, 4.69) is 152 Å². The molecule has 4 aromatic rings. The number of allylic oxidation sites excluding steroid dienone is 2. The fourth-order valence-electron chi connectivity index (χ4n) is 7.98. The van der Waals surface area contributed by atoms with E-state index in [0.29, 0.717) is 0 Å². The van der Waals surface area contributed by atoms with Gasteiger partial charge in [0.05, 0.1) is 0 Å². The number of hydrogen-bond acceptors (Lipinski definition) is 0. The monoisotopic (exact) mass is 592 g/mol. The normalized spacial score (nSPS) is 14.7. The summed E-state index contributed by atoms with van der Waals surface area (Å²) in [6.45, 7) is 18.5. The van der Waals surface area contributed by atoms with E-state index in [0.717, 1.165) is 12.8 Å². The molecular formula is C45H52. The largest absolute Gasteiger partial charge is 0.0653 e. The maximum atomic E-state index is 2.60. The first-order chi connectivity index (χ1) is 21.4. The summed E-state index contributed by atoms with van der Waals surface area (Å²) in [6, 6.07) is 32.5. The topological polar surface area (TPSA) is 0 Å². The number of fused-ring (bicyclic) bond motifs is 2. The predicted molar refractivity (Wildman–Crippen MR) is 197 cm³/mol. The average Bonchev–Trinajstić information content (AvgIpc) is 3.65. The number of benzene rings is 4. The molecule has 232 valence electrons. The lowest BCUT2D eigenvalue weighted by atomic mass is 9.66. The molecule has 0 aromatic heterocycles. The number of rotatable bonds is 8. The van der Waals surface area contributed by atoms with E-state index in [1.807, 2.05) is 0 Å². The van der Waals surface area contributed by atoms with Crippen LogP contribution >= 0.6 is 0 Å². The van der Waals surface area contributed by atoms with Crippen molar-refractivity contribution < 1.29 is 0 Å². The van der Waals surface area contributed by atoms with Crippen LogP contribution in [-0.2, 0) is 23.7 Å². The minimum absolute atomic E-state index is 0.0856. The Bertz CT molecular complexity index is 1610. The molecular weight excluding hydrogens is 540 g/mol. The molecule has 0 aliphatic heterocycles. The molecule has 0 unspecified atom stereocenters. The van der Waals surface area contributed by atoms with Crippen LogP contribution in [0.15, 0.2) is 96.1 Å². The lowest BCUT2D eigenvalue weighted by Gasteiger charge is -2.37. The highest BCUT2D eigenvalue weighted by Gasteiger charge is 2.40. The molecule has 4 aromatic carbocycles. The van der Waals surface area contributed by atoms with Crippen molar-refractivity contribution in [3.63, 3.8) is 0 Å². The Labute approximate surface area is 273 Å². The van der Waals surface area contributed by atoms with Crippen LogP contribution < -0.4 is 0 Å². The molecule has 0 fully saturated rings. The molecule has 0 atom stereocenters. The molecule has 2 aliphatic carbocycles. The molecule has 45 heavy (non-hydrogen) atoms. The highest BCUT2D eigenvalue weighted by molar-refractivity contribution is 5.84. The van der Waals surface area contributed by atoms with Crippen molar-refractivity contribution in [2.45, 2.75) is 105 Å². The summed E-state index contributed by atoms with van der Waals surface area (Å²) in [4.78, 5) is 0. The smallest absolute Gasteiger partial charge is 0.0134 e. The lowest BCUT2D eigenvalue weighted by molar-refractivity contribution is 0.349. The standard InChI is InChI=1S/C45H52/c1-9-25-45(26-10-2,37-27-33-13-11-15-39(41(33)29-37)31-17-21-35(22-18-31)43(3,4)5)38-28-34-14-12-16-40(42(34)30-38)32-19-23-36(24-20-32)44(6,7)8/h11-24,29-30H,9-10,25-28H2,1-8H3. The molecule has 0 radical (unpaired) electrons. The fraction of sp³-hybridized carbons (Fsp3) is 0.378. The predicted octanol–water partition coefficient (Wildman–Crippen LogP) is 12.8. The van der Waals surface area contributed by atoms with Crippen LogP contribution in [0.1, 0.15) is 114 Å². The maximum absolute atomic E-state index is 2.60. The van der Waals surface area contributed by atoms with E-state index in [9.17, 15) is 0 Å². The molecule has 0 saturated heterocycles. The van der Waals surface area contributed by atoms with Gasteiger partial charge in [0.2, 0.25) is 0 Å². The third-order valence-corrected chi connectivity index (χ3v) is 10.5. The SMILES string of the molecule is CCCC(CCC)(C1=Cc2c(cccc2-c2ccc(C(C)(C)C)cc2)C1)C1=Cc2c(cccc2-c2ccc(C(C)(C)C)cc2)C1. The van der Waals surface area contributed by atoms with Gasteiger partial charge >= 0.3 is 0 Å². The second-order valence-electron chi connectivity index (χ2n) is 15.7. The van der Waals surface area contributed by atoms with Crippen molar-refractivity contribution in [2.24, 2.45) is 5.41 Å². The highest BCUT2D eigenvalue weighted by Crippen LogP contribution is 2.53. The highest BCUT2D eigenvalue weighted by atomic mass is 14.4. The zero-order valence-electron chi connectivity index (χ0n) is 29.0. The summed E-state index contributed by atoms with van der Waals surface area (Å²) >= 11 is 0. The minimum atomic E-state index is 0.0856. The molecule has 0 bridgehead atoms. The van der Waals surface area contributed by atoms with Crippen LogP contribution in [-0.4, -0.2) is 0 Å². The molecule has 0 N–H and O–H groups in total. The van der Waals surface area contributed by atoms with Gasteiger partial charge in [-0.2, -0.15) is 0 Å². The van der Waals surface area contributed by atoms with Crippen molar-refractivity contribution in [3.05, 3.63) is 129 Å². The van der Waals surface area contributed by atoms with Crippen molar-refractivity contribution in [3.8, 4) is 22.3 Å². The first-order valence-corrected chi connectivity index (χ1v) is 17.3. The third kappa shape index (κ3) is 5.90. The van der Waals surface area contributed by atoms with E-state index in [1.165, 1.54) is 81.3 Å². The van der Waals surface area contributed by atoms with Gasteiger partial charge in [0.1, 0.15) is 0 Å². The zero-order chi connectivity index (χ0) is 32.0. The summed E-state index contributed by atoms with van der Waals surface area (Å²) < 4.78 is 0. The third-order valence-electron chi connectivity index (χ3n) is 10.5. The van der Waals surface area contributed by atoms with Crippen LogP contribution in [0.4, 0.5) is 0 Å². The Kier molecular flexibility index (Phi) is 8.32. The Morgan fingerprint density at radius 2 is 0.867 bits per heavy atom. The minimum Gasteiger partial charge on any atom is -0.0653 e. The second kappa shape index (κ2) is 11.9. The maximum Gasteiger partial charge on any atom is 0.0134 e. The van der Waals surface area contributed by atoms with E-state index >= 15 is 0 Å². The van der Waals surface area contributed by atoms with Crippen molar-refractivity contribution in [2.75, 3.05) is 0 Å². The summed E-state index contributed by atoms with van der Waals surface area (Å²) in [6.07, 6.45) is 12.1. The summed E-state index contributed by atoms with van der Waals surface area (Å²) in [7, 11) is 0. The van der Waals surface area contributed by atoms with Gasteiger partial charge in [-0.25, -0.2) is 0 Å². The zero-order valence-corrected chi connectivity index (χ0v) is 29.0. The van der Waals surface area contributed by atoms with Crippen LogP contribution in [0, 0.1) is 5.41 Å². The first-order valence-electron chi connectivity index (χ1n) is 17.3. The van der Waals surface area contributed by atoms with Gasteiger partial charge in [-0.05, 0) is 92.1 Å². The molecule has 0 heteroatoms. The molecule has 0 amide bonds. The Hall–Kier alpha value is -3.64. The van der Waals surface area contributed by atoms with Crippen molar-refractivity contribution in [1.82, 2.24) is 0 Å². The molecule has 0 saturated carbocycles. The van der Waals surface area contributed by atoms with Gasteiger partial charge in [0.15, 0.2) is 0 Å². The average molecular weight is 593 g/mol. The summed E-state index contributed by atoms with van der Waals surface area (Å²) in [5, 5.41) is 0. The lowest BCUT2D eigenvalue weighted by Crippen LogP contribution is -2.26. The van der Waals surface area contributed by atoms with Crippen LogP contribution in [0.5, 0.6) is 0 Å². The van der Waals surface area contributed by atoms with E-state index in [1.54, 1.807) is 11.1 Å². The Morgan fingerprint density at radius 3 is 1.20 bits per heavy atom. The van der Waals surface area contributed by atoms with E-state index in [4.69, 9.17) is 0 Å². The molecule has 0 spiro atoms. The van der Waals surface area contributed by atoms with Gasteiger partial charge in [0.25, 0.3) is 0 Å². The van der Waals surface area contributed by atoms with Gasteiger partial charge in [-0.15, -0.1) is 0 Å². The summed E-state index contributed by atoms with van der Waals surface area (Å²) in [5.74, 6) is 0. The van der Waals surface area contributed by atoms with Crippen LogP contribution in [0.3, 0.4) is 0 Å².